The van der Waals surface area contributed by atoms with E-state index in [1.54, 1.807) is 0 Å². The van der Waals surface area contributed by atoms with Gasteiger partial charge in [0.05, 0.1) is 37.9 Å². The van der Waals surface area contributed by atoms with Crippen molar-refractivity contribution in [1.29, 1.82) is 0 Å². The number of hydrogen-bond donors (Lipinski definition) is 5. The maximum absolute atomic E-state index is 12.9. The summed E-state index contributed by atoms with van der Waals surface area (Å²) in [4.78, 5) is 22.9. The molecular weight excluding hydrogens is 784 g/mol. The number of aliphatic hydroxyl groups excluding tert-OH is 2. The molecule has 0 aromatic heterocycles. The molecule has 61 heavy (non-hydrogen) atoms. The highest BCUT2D eigenvalue weighted by Crippen LogP contribution is 2.43. The van der Waals surface area contributed by atoms with Crippen LogP contribution in [0.1, 0.15) is 284 Å². The smallest absolute Gasteiger partial charge is 0.393 e. The van der Waals surface area contributed by atoms with E-state index in [1.165, 1.54) is 212 Å². The minimum Gasteiger partial charge on any atom is -0.393 e. The van der Waals surface area contributed by atoms with Crippen LogP contribution in [0.5, 0.6) is 0 Å². The van der Waals surface area contributed by atoms with E-state index in [2.05, 4.69) is 19.2 Å². The summed E-state index contributed by atoms with van der Waals surface area (Å²) in [6.45, 7) is 4.10. The first kappa shape index (κ1) is 60.5. The Kier molecular flexibility index (Phi) is 47.0. The second-order valence-corrected chi connectivity index (χ2v) is 20.1. The Labute approximate surface area is 378 Å². The third kappa shape index (κ3) is 45.8. The van der Waals surface area contributed by atoms with Crippen LogP contribution in [-0.4, -0.2) is 59.0 Å². The van der Waals surface area contributed by atoms with Crippen LogP contribution in [0.2, 0.25) is 0 Å². The molecule has 366 valence electrons. The van der Waals surface area contributed by atoms with Gasteiger partial charge in [-0.25, -0.2) is 4.57 Å². The molecule has 0 fully saturated rings. The topological polar surface area (TPSA) is 151 Å². The van der Waals surface area contributed by atoms with Gasteiger partial charge in [0.15, 0.2) is 0 Å². The molecule has 0 saturated heterocycles. The van der Waals surface area contributed by atoms with Crippen LogP contribution in [0.3, 0.4) is 0 Å². The number of nitrogens with two attached hydrogens (primary N) is 1. The highest BCUT2D eigenvalue weighted by molar-refractivity contribution is 7.47. The molecule has 4 atom stereocenters. The van der Waals surface area contributed by atoms with Crippen LogP contribution < -0.4 is 11.1 Å². The van der Waals surface area contributed by atoms with Crippen LogP contribution in [0.4, 0.5) is 0 Å². The largest absolute Gasteiger partial charge is 0.472 e. The molecular formula is C51H105N2O7P. The molecule has 0 saturated carbocycles. The summed E-state index contributed by atoms with van der Waals surface area (Å²) in [7, 11) is -4.38. The Morgan fingerprint density at radius 3 is 1.10 bits per heavy atom. The van der Waals surface area contributed by atoms with E-state index in [1.807, 2.05) is 0 Å². The van der Waals surface area contributed by atoms with Crippen LogP contribution in [0, 0.1) is 0 Å². The number of phosphoric ester groups is 1. The van der Waals surface area contributed by atoms with Gasteiger partial charge < -0.3 is 26.2 Å². The van der Waals surface area contributed by atoms with Crippen LogP contribution in [0.15, 0.2) is 0 Å². The van der Waals surface area contributed by atoms with E-state index in [0.29, 0.717) is 12.8 Å². The first-order chi connectivity index (χ1) is 29.8. The fourth-order valence-electron chi connectivity index (χ4n) is 8.48. The van der Waals surface area contributed by atoms with Gasteiger partial charge in [0.1, 0.15) is 0 Å². The summed E-state index contributed by atoms with van der Waals surface area (Å²) < 4.78 is 22.3. The zero-order valence-corrected chi connectivity index (χ0v) is 41.4. The monoisotopic (exact) mass is 889 g/mol. The number of rotatable bonds is 51. The van der Waals surface area contributed by atoms with E-state index < -0.39 is 32.0 Å². The molecule has 4 unspecified atom stereocenters. The summed E-state index contributed by atoms with van der Waals surface area (Å²) in [6.07, 6.45) is 50.1. The molecule has 0 rings (SSSR count). The predicted octanol–water partition coefficient (Wildman–Crippen LogP) is 14.7. The normalized spacial score (nSPS) is 14.3. The van der Waals surface area contributed by atoms with Gasteiger partial charge in [-0.1, -0.05) is 264 Å². The van der Waals surface area contributed by atoms with Crippen molar-refractivity contribution in [2.24, 2.45) is 5.73 Å². The Balaban J connectivity index is 4.07. The molecule has 0 aliphatic carbocycles. The van der Waals surface area contributed by atoms with Crippen molar-refractivity contribution < 1.29 is 33.5 Å². The van der Waals surface area contributed by atoms with Crippen molar-refractivity contribution in [2.75, 3.05) is 19.8 Å². The molecule has 0 spiro atoms. The zero-order valence-electron chi connectivity index (χ0n) is 40.6. The second-order valence-electron chi connectivity index (χ2n) is 18.6. The zero-order chi connectivity index (χ0) is 44.8. The number of carbonyl (C=O) groups excluding carboxylic acids is 1. The molecule has 0 heterocycles. The standard InChI is InChI=1S/C51H105N2O7P/c1-3-5-7-9-11-13-15-17-19-21-23-24-25-26-28-30-32-34-36-38-40-42-48(54)46-51(56)53-49(47-60-61(57,58)59-45-44-52)50(55)43-41-39-37-35-33-31-29-27-22-20-18-16-14-12-10-8-6-4-2/h48-50,54-55H,3-47,52H2,1-2H3,(H,53,56)(H,57,58). The molecule has 9 nitrogen and oxygen atoms in total. The van der Waals surface area contributed by atoms with Crippen LogP contribution in [0.25, 0.3) is 0 Å². The minimum absolute atomic E-state index is 0.0630. The molecule has 0 aromatic carbocycles. The summed E-state index contributed by atoms with van der Waals surface area (Å²) in [5.41, 5.74) is 5.39. The van der Waals surface area contributed by atoms with E-state index in [-0.39, 0.29) is 26.2 Å². The maximum Gasteiger partial charge on any atom is 0.472 e. The van der Waals surface area contributed by atoms with Gasteiger partial charge in [0.2, 0.25) is 5.91 Å². The van der Waals surface area contributed by atoms with Crippen molar-refractivity contribution in [1.82, 2.24) is 5.32 Å². The third-order valence-electron chi connectivity index (χ3n) is 12.5. The summed E-state index contributed by atoms with van der Waals surface area (Å²) >= 11 is 0. The predicted molar refractivity (Wildman–Crippen MR) is 260 cm³/mol. The first-order valence-electron chi connectivity index (χ1n) is 26.7. The minimum atomic E-state index is -4.38. The van der Waals surface area contributed by atoms with Crippen molar-refractivity contribution in [2.45, 2.75) is 302 Å². The number of unbranched alkanes of at least 4 members (excludes halogenated alkanes) is 37. The Morgan fingerprint density at radius 1 is 0.492 bits per heavy atom. The van der Waals surface area contributed by atoms with E-state index >= 15 is 0 Å². The highest BCUT2D eigenvalue weighted by Gasteiger charge is 2.28. The molecule has 0 bridgehead atoms. The van der Waals surface area contributed by atoms with Crippen LogP contribution >= 0.6 is 7.82 Å². The van der Waals surface area contributed by atoms with Gasteiger partial charge in [-0.05, 0) is 12.8 Å². The molecule has 0 radical (unpaired) electrons. The van der Waals surface area contributed by atoms with Gasteiger partial charge in [-0.15, -0.1) is 0 Å². The number of amides is 1. The Hall–Kier alpha value is -0.540. The quantitative estimate of drug-likeness (QED) is 0.0299. The summed E-state index contributed by atoms with van der Waals surface area (Å²) in [5, 5.41) is 24.3. The SMILES string of the molecule is CCCCCCCCCCCCCCCCCCCCCCCC(O)CC(=O)NC(COP(=O)(O)OCCN)C(O)CCCCCCCCCCCCCCCCCCCC. The summed E-state index contributed by atoms with van der Waals surface area (Å²) in [6, 6.07) is -0.892. The number of nitrogens with one attached hydrogen (secondary N) is 1. The third-order valence-corrected chi connectivity index (χ3v) is 13.5. The molecule has 10 heteroatoms. The van der Waals surface area contributed by atoms with E-state index in [9.17, 15) is 24.5 Å². The fourth-order valence-corrected chi connectivity index (χ4v) is 9.24. The lowest BCUT2D eigenvalue weighted by Gasteiger charge is -2.25. The number of carbonyl (C=O) groups is 1. The van der Waals surface area contributed by atoms with Crippen molar-refractivity contribution in [3.8, 4) is 0 Å². The molecule has 6 N–H and O–H groups in total. The second kappa shape index (κ2) is 47.4. The highest BCUT2D eigenvalue weighted by atomic mass is 31.2. The van der Waals surface area contributed by atoms with E-state index in [0.717, 1.165) is 38.5 Å². The lowest BCUT2D eigenvalue weighted by Crippen LogP contribution is -2.47. The van der Waals surface area contributed by atoms with Gasteiger partial charge in [0.25, 0.3) is 0 Å². The number of phosphoric acid groups is 1. The fraction of sp³-hybridized carbons (Fsp3) is 0.980. The van der Waals surface area contributed by atoms with Gasteiger partial charge in [0, 0.05) is 6.54 Å². The maximum atomic E-state index is 12.9. The van der Waals surface area contributed by atoms with Crippen molar-refractivity contribution in [3.63, 3.8) is 0 Å². The number of hydrogen-bond acceptors (Lipinski definition) is 7. The molecule has 0 aliphatic heterocycles. The average molecular weight is 889 g/mol. The lowest BCUT2D eigenvalue weighted by molar-refractivity contribution is -0.125. The van der Waals surface area contributed by atoms with Gasteiger partial charge >= 0.3 is 7.82 Å². The Morgan fingerprint density at radius 2 is 0.787 bits per heavy atom. The van der Waals surface area contributed by atoms with Crippen LogP contribution in [-0.2, 0) is 18.4 Å². The lowest BCUT2D eigenvalue weighted by atomic mass is 10.0. The van der Waals surface area contributed by atoms with Crippen molar-refractivity contribution >= 4 is 13.7 Å². The van der Waals surface area contributed by atoms with Crippen molar-refractivity contribution in [3.05, 3.63) is 0 Å². The molecule has 0 aromatic rings. The summed E-state index contributed by atoms with van der Waals surface area (Å²) in [5.74, 6) is -0.405. The number of aliphatic hydroxyl groups is 2. The van der Waals surface area contributed by atoms with Gasteiger partial charge in [-0.3, -0.25) is 13.8 Å². The Bertz CT molecular complexity index is 945. The van der Waals surface area contributed by atoms with Gasteiger partial charge in [-0.2, -0.15) is 0 Å². The first-order valence-corrected chi connectivity index (χ1v) is 28.2. The molecule has 1 amide bonds. The molecule has 0 aliphatic rings. The average Bonchev–Trinajstić information content (AvgIpc) is 3.24. The van der Waals surface area contributed by atoms with E-state index in [4.69, 9.17) is 14.8 Å².